The number of nitrogens with one attached hydrogen (secondary N) is 2. The summed E-state index contributed by atoms with van der Waals surface area (Å²) in [6.07, 6.45) is 3.13. The first-order valence-electron chi connectivity index (χ1n) is 8.33. The van der Waals surface area contributed by atoms with Crippen LogP contribution >= 0.6 is 7.52 Å². The van der Waals surface area contributed by atoms with Gasteiger partial charge in [0.25, 0.3) is 13.1 Å². The molecule has 10 heteroatoms. The van der Waals surface area contributed by atoms with E-state index >= 15 is 0 Å². The van der Waals surface area contributed by atoms with E-state index in [-0.39, 0.29) is 17.5 Å². The van der Waals surface area contributed by atoms with E-state index in [0.717, 1.165) is 11.1 Å². The molecule has 1 aromatic carbocycles. The average molecular weight is 388 g/mol. The van der Waals surface area contributed by atoms with Crippen LogP contribution in [-0.4, -0.2) is 30.5 Å². The van der Waals surface area contributed by atoms with Crippen molar-refractivity contribution in [3.05, 3.63) is 57.9 Å². The lowest BCUT2D eigenvalue weighted by Gasteiger charge is -2.12. The highest BCUT2D eigenvalue weighted by Gasteiger charge is 2.15. The second kappa shape index (κ2) is 7.48. The predicted molar refractivity (Wildman–Crippen MR) is 105 cm³/mol. The van der Waals surface area contributed by atoms with Crippen molar-refractivity contribution < 1.29 is 9.46 Å². The summed E-state index contributed by atoms with van der Waals surface area (Å²) in [6, 6.07) is 7.32. The normalized spacial score (nSPS) is 14.2. The van der Waals surface area contributed by atoms with Crippen LogP contribution in [0.4, 0.5) is 5.95 Å². The van der Waals surface area contributed by atoms with Crippen molar-refractivity contribution >= 4 is 30.7 Å². The van der Waals surface area contributed by atoms with Crippen LogP contribution in [0.1, 0.15) is 25.0 Å². The summed E-state index contributed by atoms with van der Waals surface area (Å²) in [6.45, 7) is 3.98. The molecule has 3 aromatic rings. The highest BCUT2D eigenvalue weighted by Crippen LogP contribution is 2.38. The second-order valence-electron chi connectivity index (χ2n) is 6.42. The fourth-order valence-electron chi connectivity index (χ4n) is 2.71. The van der Waals surface area contributed by atoms with Gasteiger partial charge in [-0.05, 0) is 31.1 Å². The highest BCUT2D eigenvalue weighted by atomic mass is 31.2. The minimum Gasteiger partial charge on any atom is -0.369 e. The molecule has 27 heavy (non-hydrogen) atoms. The summed E-state index contributed by atoms with van der Waals surface area (Å²) in [5, 5.41) is 2.64. The minimum atomic E-state index is -3.58. The van der Waals surface area contributed by atoms with Gasteiger partial charge in [-0.25, -0.2) is 10.1 Å². The van der Waals surface area contributed by atoms with E-state index in [1.54, 1.807) is 24.5 Å². The van der Waals surface area contributed by atoms with E-state index in [0.29, 0.717) is 12.2 Å². The van der Waals surface area contributed by atoms with Crippen LogP contribution in [0.3, 0.4) is 0 Å². The number of nitrogen functional groups attached to an aromatic ring is 1. The third-order valence-electron chi connectivity index (χ3n) is 3.79. The molecule has 9 nitrogen and oxygen atoms in total. The Labute approximate surface area is 155 Å². The van der Waals surface area contributed by atoms with Gasteiger partial charge in [0.2, 0.25) is 5.95 Å². The Morgan fingerprint density at radius 3 is 2.89 bits per heavy atom. The van der Waals surface area contributed by atoms with Crippen LogP contribution in [0.5, 0.6) is 0 Å². The molecule has 0 saturated heterocycles. The van der Waals surface area contributed by atoms with E-state index in [2.05, 4.69) is 20.0 Å². The molecule has 0 aliphatic heterocycles. The second-order valence-corrected chi connectivity index (χ2v) is 8.22. The van der Waals surface area contributed by atoms with Crippen molar-refractivity contribution in [3.63, 3.8) is 0 Å². The van der Waals surface area contributed by atoms with Crippen LogP contribution in [0, 0.1) is 0 Å². The number of fused-ring (bicyclic) bond motifs is 1. The van der Waals surface area contributed by atoms with Gasteiger partial charge in [-0.1, -0.05) is 24.3 Å². The highest BCUT2D eigenvalue weighted by molar-refractivity contribution is 7.59. The molecular formula is C17H21N6O3P. The molecule has 0 aliphatic carbocycles. The molecule has 0 saturated carbocycles. The molecule has 2 heterocycles. The lowest BCUT2D eigenvalue weighted by molar-refractivity contribution is 0.466. The van der Waals surface area contributed by atoms with Gasteiger partial charge < -0.3 is 15.2 Å². The molecule has 0 bridgehead atoms. The SMILES string of the molecule is CC(C)NP(=O)(O)/C=C/c1ccccc1Cn1cnc2c(=O)[nH]c(N)nc21. The smallest absolute Gasteiger partial charge is 0.290 e. The lowest BCUT2D eigenvalue weighted by atomic mass is 10.1. The number of hydrogen-bond donors (Lipinski definition) is 4. The summed E-state index contributed by atoms with van der Waals surface area (Å²) in [4.78, 5) is 32.5. The van der Waals surface area contributed by atoms with Crippen LogP contribution < -0.4 is 16.4 Å². The Morgan fingerprint density at radius 1 is 1.41 bits per heavy atom. The Hall–Kier alpha value is -2.74. The number of nitrogens with zero attached hydrogens (tertiary/aromatic N) is 3. The summed E-state index contributed by atoms with van der Waals surface area (Å²) in [5.41, 5.74) is 7.46. The first-order valence-corrected chi connectivity index (χ1v) is 10.1. The van der Waals surface area contributed by atoms with Crippen molar-refractivity contribution in [1.29, 1.82) is 0 Å². The fraction of sp³-hybridized carbons (Fsp3) is 0.235. The largest absolute Gasteiger partial charge is 0.369 e. The number of nitrogens with two attached hydrogens (primary N) is 1. The minimum absolute atomic E-state index is 0.0170. The van der Waals surface area contributed by atoms with Gasteiger partial charge in [0.1, 0.15) is 0 Å². The third kappa shape index (κ3) is 4.51. The van der Waals surface area contributed by atoms with Gasteiger partial charge in [0.15, 0.2) is 11.2 Å². The zero-order valence-corrected chi connectivity index (χ0v) is 15.9. The monoisotopic (exact) mass is 388 g/mol. The van der Waals surface area contributed by atoms with Crippen molar-refractivity contribution in [2.24, 2.45) is 0 Å². The van der Waals surface area contributed by atoms with Crippen molar-refractivity contribution in [2.75, 3.05) is 5.73 Å². The zero-order chi connectivity index (χ0) is 19.6. The van der Waals surface area contributed by atoms with Crippen molar-refractivity contribution in [2.45, 2.75) is 26.4 Å². The Kier molecular flexibility index (Phi) is 5.27. The van der Waals surface area contributed by atoms with Gasteiger partial charge in [-0.15, -0.1) is 0 Å². The van der Waals surface area contributed by atoms with E-state index in [4.69, 9.17) is 5.73 Å². The number of aromatic amines is 1. The van der Waals surface area contributed by atoms with Gasteiger partial charge in [-0.2, -0.15) is 4.98 Å². The predicted octanol–water partition coefficient (Wildman–Crippen LogP) is 1.90. The Bertz CT molecular complexity index is 1100. The molecule has 5 N–H and O–H groups in total. The van der Waals surface area contributed by atoms with E-state index in [1.807, 2.05) is 24.3 Å². The van der Waals surface area contributed by atoms with Crippen LogP contribution in [0.25, 0.3) is 17.2 Å². The Morgan fingerprint density at radius 2 is 2.15 bits per heavy atom. The molecule has 0 aliphatic rings. The van der Waals surface area contributed by atoms with Crippen molar-refractivity contribution in [3.8, 4) is 0 Å². The molecule has 0 amide bonds. The molecule has 0 radical (unpaired) electrons. The zero-order valence-electron chi connectivity index (χ0n) is 15.0. The van der Waals surface area contributed by atoms with Crippen LogP contribution in [0.15, 0.2) is 41.2 Å². The quantitative estimate of drug-likeness (QED) is 0.473. The van der Waals surface area contributed by atoms with E-state index in [9.17, 15) is 14.3 Å². The van der Waals surface area contributed by atoms with E-state index in [1.165, 1.54) is 12.1 Å². The van der Waals surface area contributed by atoms with Crippen LogP contribution in [-0.2, 0) is 11.1 Å². The number of imidazole rings is 1. The first kappa shape index (κ1) is 19.0. The van der Waals surface area contributed by atoms with Crippen LogP contribution in [0.2, 0.25) is 0 Å². The molecule has 0 fully saturated rings. The number of rotatable bonds is 6. The molecular weight excluding hydrogens is 367 g/mol. The number of benzene rings is 1. The maximum absolute atomic E-state index is 12.2. The maximum Gasteiger partial charge on any atom is 0.290 e. The number of anilines is 1. The lowest BCUT2D eigenvalue weighted by Crippen LogP contribution is -2.17. The number of hydrogen-bond acceptors (Lipinski definition) is 5. The molecule has 0 spiro atoms. The van der Waals surface area contributed by atoms with Gasteiger partial charge in [0, 0.05) is 11.9 Å². The standard InChI is InChI=1S/C17H21N6O3P/c1-11(2)22-27(25,26)8-7-12-5-3-4-6-13(12)9-23-10-19-14-15(23)20-17(18)21-16(14)24/h3-8,10-11H,9H2,1-2H3,(H2,22,25,26)(H3,18,20,21,24)/b8-7+. The number of aromatic nitrogens is 4. The Balaban J connectivity index is 1.94. The fourth-order valence-corrected chi connectivity index (χ4v) is 3.89. The van der Waals surface area contributed by atoms with Crippen molar-refractivity contribution in [1.82, 2.24) is 24.6 Å². The topological polar surface area (TPSA) is 139 Å². The third-order valence-corrected chi connectivity index (χ3v) is 5.23. The molecule has 142 valence electrons. The van der Waals surface area contributed by atoms with E-state index < -0.39 is 13.1 Å². The molecule has 1 unspecified atom stereocenters. The molecule has 2 aromatic heterocycles. The summed E-state index contributed by atoms with van der Waals surface area (Å²) >= 11 is 0. The molecule has 1 atom stereocenters. The number of H-pyrrole nitrogens is 1. The summed E-state index contributed by atoms with van der Waals surface area (Å²) in [7, 11) is -3.58. The maximum atomic E-state index is 12.2. The average Bonchev–Trinajstić information content (AvgIpc) is 2.96. The summed E-state index contributed by atoms with van der Waals surface area (Å²) < 4.78 is 13.9. The van der Waals surface area contributed by atoms with Gasteiger partial charge in [0.05, 0.1) is 12.9 Å². The summed E-state index contributed by atoms with van der Waals surface area (Å²) in [5.74, 6) is 1.29. The molecule has 3 rings (SSSR count). The first-order chi connectivity index (χ1) is 12.7. The van der Waals surface area contributed by atoms with Gasteiger partial charge in [-0.3, -0.25) is 14.3 Å². The van der Waals surface area contributed by atoms with Gasteiger partial charge >= 0.3 is 0 Å².